The van der Waals surface area contributed by atoms with Crippen molar-refractivity contribution in [1.82, 2.24) is 9.97 Å². The van der Waals surface area contributed by atoms with Crippen LogP contribution in [0.1, 0.15) is 24.1 Å². The van der Waals surface area contributed by atoms with Crippen molar-refractivity contribution in [3.63, 3.8) is 0 Å². The number of anilines is 1. The predicted octanol–water partition coefficient (Wildman–Crippen LogP) is 3.45. The lowest BCUT2D eigenvalue weighted by Gasteiger charge is -2.00. The van der Waals surface area contributed by atoms with Crippen LogP contribution in [-0.2, 0) is 27.2 Å². The Hall–Kier alpha value is -2.52. The van der Waals surface area contributed by atoms with E-state index in [1.165, 1.54) is 22.7 Å². The fraction of sp³-hybridized carbons (Fsp3) is 0.294. The van der Waals surface area contributed by atoms with Gasteiger partial charge in [0.2, 0.25) is 11.8 Å². The van der Waals surface area contributed by atoms with Crippen molar-refractivity contribution < 1.29 is 18.7 Å². The molecule has 9 heteroatoms. The Morgan fingerprint density at radius 1 is 1.27 bits per heavy atom. The second kappa shape index (κ2) is 8.24. The van der Waals surface area contributed by atoms with E-state index in [4.69, 9.17) is 9.15 Å². The number of carbonyl (C=O) groups excluding carboxylic acids is 2. The minimum atomic E-state index is -0.338. The van der Waals surface area contributed by atoms with E-state index in [0.717, 1.165) is 4.88 Å². The molecule has 3 aromatic rings. The van der Waals surface area contributed by atoms with Gasteiger partial charge in [-0.25, -0.2) is 9.97 Å². The molecule has 0 aromatic carbocycles. The van der Waals surface area contributed by atoms with E-state index < -0.39 is 0 Å². The molecule has 0 saturated carbocycles. The summed E-state index contributed by atoms with van der Waals surface area (Å²) >= 11 is 2.79. The van der Waals surface area contributed by atoms with Gasteiger partial charge in [0.15, 0.2) is 5.13 Å². The molecule has 7 nitrogen and oxygen atoms in total. The summed E-state index contributed by atoms with van der Waals surface area (Å²) in [7, 11) is 0. The standard InChI is InChI=1S/C17H17N3O4S2/c1-3-23-15(22)7-11-9-26-17(18-11)20-14(21)8-12-10(2)24-16(19-12)13-5-4-6-25-13/h4-6,9H,3,7-8H2,1-2H3,(H,18,20,21). The first-order chi connectivity index (χ1) is 12.5. The van der Waals surface area contributed by atoms with Crippen LogP contribution in [0, 0.1) is 6.92 Å². The molecule has 0 spiro atoms. The van der Waals surface area contributed by atoms with E-state index in [-0.39, 0.29) is 24.7 Å². The smallest absolute Gasteiger partial charge is 0.311 e. The zero-order valence-corrected chi connectivity index (χ0v) is 15.9. The van der Waals surface area contributed by atoms with Crippen LogP contribution in [0.15, 0.2) is 27.3 Å². The minimum Gasteiger partial charge on any atom is -0.466 e. The average molecular weight is 391 g/mol. The van der Waals surface area contributed by atoms with Gasteiger partial charge in [-0.2, -0.15) is 0 Å². The molecule has 0 fully saturated rings. The molecule has 0 radical (unpaired) electrons. The SMILES string of the molecule is CCOC(=O)Cc1csc(NC(=O)Cc2nc(-c3cccs3)oc2C)n1. The number of thiophene rings is 1. The van der Waals surface area contributed by atoms with Gasteiger partial charge in [-0.05, 0) is 25.3 Å². The van der Waals surface area contributed by atoms with Crippen molar-refractivity contribution in [1.29, 1.82) is 0 Å². The normalized spacial score (nSPS) is 10.7. The molecular formula is C17H17N3O4S2. The summed E-state index contributed by atoms with van der Waals surface area (Å²) in [5.74, 6) is 0.558. The van der Waals surface area contributed by atoms with Gasteiger partial charge in [0.25, 0.3) is 0 Å². The Labute approximate surface area is 158 Å². The molecule has 26 heavy (non-hydrogen) atoms. The highest BCUT2D eigenvalue weighted by Crippen LogP contribution is 2.26. The van der Waals surface area contributed by atoms with Crippen molar-refractivity contribution in [3.05, 3.63) is 40.0 Å². The van der Waals surface area contributed by atoms with Crippen LogP contribution in [0.2, 0.25) is 0 Å². The van der Waals surface area contributed by atoms with E-state index >= 15 is 0 Å². The molecule has 3 aromatic heterocycles. The third-order valence-corrected chi connectivity index (χ3v) is 5.05. The lowest BCUT2D eigenvalue weighted by atomic mass is 10.2. The quantitative estimate of drug-likeness (QED) is 0.620. The molecule has 0 aliphatic heterocycles. The van der Waals surface area contributed by atoms with E-state index in [2.05, 4.69) is 15.3 Å². The van der Waals surface area contributed by atoms with Gasteiger partial charge in [0.1, 0.15) is 5.76 Å². The number of carbonyl (C=O) groups is 2. The molecule has 0 aliphatic carbocycles. The molecule has 3 rings (SSSR count). The number of ether oxygens (including phenoxy) is 1. The number of hydrogen-bond acceptors (Lipinski definition) is 8. The second-order valence-electron chi connectivity index (χ2n) is 5.35. The maximum atomic E-state index is 12.2. The van der Waals surface area contributed by atoms with E-state index in [9.17, 15) is 9.59 Å². The van der Waals surface area contributed by atoms with Crippen LogP contribution in [0.25, 0.3) is 10.8 Å². The number of rotatable bonds is 7. The Morgan fingerprint density at radius 3 is 2.85 bits per heavy atom. The highest BCUT2D eigenvalue weighted by molar-refractivity contribution is 7.14. The van der Waals surface area contributed by atoms with E-state index in [0.29, 0.717) is 34.8 Å². The van der Waals surface area contributed by atoms with Gasteiger partial charge in [-0.15, -0.1) is 22.7 Å². The average Bonchev–Trinajstić information content (AvgIpc) is 3.30. The molecule has 1 N–H and O–H groups in total. The maximum absolute atomic E-state index is 12.2. The first-order valence-corrected chi connectivity index (χ1v) is 9.71. The number of amides is 1. The molecule has 136 valence electrons. The number of thiazole rings is 1. The fourth-order valence-electron chi connectivity index (χ4n) is 2.22. The number of aromatic nitrogens is 2. The first kappa shape index (κ1) is 18.3. The van der Waals surface area contributed by atoms with Gasteiger partial charge in [0.05, 0.1) is 35.7 Å². The van der Waals surface area contributed by atoms with Crippen LogP contribution in [0.3, 0.4) is 0 Å². The number of nitrogens with one attached hydrogen (secondary N) is 1. The summed E-state index contributed by atoms with van der Waals surface area (Å²) in [5.41, 5.74) is 1.16. The second-order valence-corrected chi connectivity index (χ2v) is 7.16. The third-order valence-electron chi connectivity index (χ3n) is 3.38. The molecule has 0 unspecified atom stereocenters. The Morgan fingerprint density at radius 2 is 2.12 bits per heavy atom. The monoisotopic (exact) mass is 391 g/mol. The summed E-state index contributed by atoms with van der Waals surface area (Å²) in [6.07, 6.45) is 0.181. The summed E-state index contributed by atoms with van der Waals surface area (Å²) in [4.78, 5) is 33.3. The molecular weight excluding hydrogens is 374 g/mol. The Balaban J connectivity index is 1.59. The maximum Gasteiger partial charge on any atom is 0.311 e. The fourth-order valence-corrected chi connectivity index (χ4v) is 3.59. The van der Waals surface area contributed by atoms with Crippen LogP contribution in [0.5, 0.6) is 0 Å². The van der Waals surface area contributed by atoms with Crippen LogP contribution < -0.4 is 5.32 Å². The van der Waals surface area contributed by atoms with Gasteiger partial charge in [-0.3, -0.25) is 9.59 Å². The van der Waals surface area contributed by atoms with E-state index in [1.807, 2.05) is 17.5 Å². The van der Waals surface area contributed by atoms with Gasteiger partial charge in [0, 0.05) is 5.38 Å². The van der Waals surface area contributed by atoms with Crippen molar-refractivity contribution in [2.45, 2.75) is 26.7 Å². The van der Waals surface area contributed by atoms with Crippen LogP contribution in [0.4, 0.5) is 5.13 Å². The molecule has 0 bridgehead atoms. The number of oxazole rings is 1. The number of hydrogen-bond donors (Lipinski definition) is 1. The van der Waals surface area contributed by atoms with Crippen molar-refractivity contribution >= 4 is 39.7 Å². The number of esters is 1. The largest absolute Gasteiger partial charge is 0.466 e. The highest BCUT2D eigenvalue weighted by Gasteiger charge is 2.16. The van der Waals surface area contributed by atoms with Gasteiger partial charge < -0.3 is 14.5 Å². The number of nitrogens with zero attached hydrogens (tertiary/aromatic N) is 2. The molecule has 0 aliphatic rings. The molecule has 0 saturated heterocycles. The Kier molecular flexibility index (Phi) is 5.79. The summed E-state index contributed by atoms with van der Waals surface area (Å²) in [6.45, 7) is 3.87. The summed E-state index contributed by atoms with van der Waals surface area (Å²) in [5, 5.41) is 6.83. The Bertz CT molecular complexity index is 899. The zero-order valence-electron chi connectivity index (χ0n) is 14.3. The van der Waals surface area contributed by atoms with E-state index in [1.54, 1.807) is 19.2 Å². The van der Waals surface area contributed by atoms with Crippen LogP contribution >= 0.6 is 22.7 Å². The predicted molar refractivity (Wildman–Crippen MR) is 99.3 cm³/mol. The third kappa shape index (κ3) is 4.55. The lowest BCUT2D eigenvalue weighted by molar-refractivity contribution is -0.142. The van der Waals surface area contributed by atoms with Gasteiger partial charge in [-0.1, -0.05) is 6.07 Å². The number of aryl methyl sites for hydroxylation is 1. The summed E-state index contributed by atoms with van der Waals surface area (Å²) < 4.78 is 10.5. The zero-order chi connectivity index (χ0) is 18.5. The molecule has 3 heterocycles. The van der Waals surface area contributed by atoms with Crippen molar-refractivity contribution in [2.24, 2.45) is 0 Å². The highest BCUT2D eigenvalue weighted by atomic mass is 32.1. The lowest BCUT2D eigenvalue weighted by Crippen LogP contribution is -2.15. The minimum absolute atomic E-state index is 0.0901. The van der Waals surface area contributed by atoms with Crippen LogP contribution in [-0.4, -0.2) is 28.5 Å². The summed E-state index contributed by atoms with van der Waals surface area (Å²) in [6, 6.07) is 3.84. The molecule has 0 atom stereocenters. The molecule has 1 amide bonds. The topological polar surface area (TPSA) is 94.3 Å². The van der Waals surface area contributed by atoms with Gasteiger partial charge >= 0.3 is 5.97 Å². The van der Waals surface area contributed by atoms with Crippen molar-refractivity contribution in [2.75, 3.05) is 11.9 Å². The first-order valence-electron chi connectivity index (χ1n) is 7.95. The van der Waals surface area contributed by atoms with Crippen molar-refractivity contribution in [3.8, 4) is 10.8 Å².